The van der Waals surface area contributed by atoms with Crippen LogP contribution < -0.4 is 15.5 Å². The van der Waals surface area contributed by atoms with E-state index < -0.39 is 5.54 Å². The number of hydrogen-bond donors (Lipinski definition) is 2. The van der Waals surface area contributed by atoms with Crippen molar-refractivity contribution in [2.75, 3.05) is 29.9 Å². The normalized spacial score (nSPS) is 19.1. The summed E-state index contributed by atoms with van der Waals surface area (Å²) in [6.45, 7) is 1.77. The molecule has 24 heavy (non-hydrogen) atoms. The molecule has 1 aliphatic carbocycles. The van der Waals surface area contributed by atoms with E-state index in [4.69, 9.17) is 0 Å². The highest BCUT2D eigenvalue weighted by atomic mass is 19.1. The van der Waals surface area contributed by atoms with Crippen LogP contribution in [0.2, 0.25) is 0 Å². The van der Waals surface area contributed by atoms with Gasteiger partial charge in [-0.25, -0.2) is 4.39 Å². The number of halogens is 1. The van der Waals surface area contributed by atoms with Crippen molar-refractivity contribution in [3.8, 4) is 6.07 Å². The quantitative estimate of drug-likeness (QED) is 0.871. The van der Waals surface area contributed by atoms with Gasteiger partial charge in [0.15, 0.2) is 0 Å². The highest BCUT2D eigenvalue weighted by molar-refractivity contribution is 5.84. The molecule has 1 aliphatic heterocycles. The van der Waals surface area contributed by atoms with E-state index in [1.165, 1.54) is 6.07 Å². The molecule has 1 aromatic carbocycles. The summed E-state index contributed by atoms with van der Waals surface area (Å²) in [5, 5.41) is 15.1. The lowest BCUT2D eigenvalue weighted by molar-refractivity contribution is -0.120. The number of rotatable bonds is 5. The number of para-hydroxylation sites is 1. The first-order valence-corrected chi connectivity index (χ1v) is 8.63. The lowest BCUT2D eigenvalue weighted by atomic mass is 10.00. The summed E-state index contributed by atoms with van der Waals surface area (Å²) < 4.78 is 14.2. The predicted octanol–water partition coefficient (Wildman–Crippen LogP) is 2.79. The van der Waals surface area contributed by atoms with Crippen molar-refractivity contribution in [1.29, 1.82) is 5.26 Å². The molecule has 128 valence electrons. The molecule has 2 N–H and O–H groups in total. The smallest absolute Gasteiger partial charge is 0.240 e. The Hall–Kier alpha value is -2.29. The Labute approximate surface area is 141 Å². The first kappa shape index (κ1) is 16.6. The standard InChI is InChI=1S/C18H23FN4O/c19-14-6-5-7-15(23-10-3-4-11-23)17(14)21-12-16(24)22-18(13-20)8-1-2-9-18/h5-7,21H,1-4,8-12H2,(H,22,24). The lowest BCUT2D eigenvalue weighted by Gasteiger charge is -2.24. The predicted molar refractivity (Wildman–Crippen MR) is 91.3 cm³/mol. The molecule has 0 spiro atoms. The number of nitrogens with zero attached hydrogens (tertiary/aromatic N) is 2. The van der Waals surface area contributed by atoms with E-state index in [2.05, 4.69) is 21.6 Å². The number of carbonyl (C=O) groups is 1. The maximum atomic E-state index is 14.2. The van der Waals surface area contributed by atoms with E-state index in [9.17, 15) is 14.4 Å². The van der Waals surface area contributed by atoms with Gasteiger partial charge in [-0.2, -0.15) is 5.26 Å². The van der Waals surface area contributed by atoms with Crippen molar-refractivity contribution in [3.63, 3.8) is 0 Å². The van der Waals surface area contributed by atoms with Gasteiger partial charge in [-0.1, -0.05) is 6.07 Å². The van der Waals surface area contributed by atoms with Crippen LogP contribution in [0.1, 0.15) is 38.5 Å². The Morgan fingerprint density at radius 1 is 1.25 bits per heavy atom. The molecule has 0 radical (unpaired) electrons. The van der Waals surface area contributed by atoms with E-state index in [1.807, 2.05) is 6.07 Å². The van der Waals surface area contributed by atoms with Crippen LogP contribution in [0, 0.1) is 17.1 Å². The minimum absolute atomic E-state index is 0.0365. The molecule has 3 rings (SSSR count). The van der Waals surface area contributed by atoms with Gasteiger partial charge in [0, 0.05) is 13.1 Å². The average molecular weight is 330 g/mol. The monoisotopic (exact) mass is 330 g/mol. The number of amides is 1. The molecule has 0 atom stereocenters. The number of hydrogen-bond acceptors (Lipinski definition) is 4. The summed E-state index contributed by atoms with van der Waals surface area (Å²) in [7, 11) is 0. The molecule has 5 nitrogen and oxygen atoms in total. The van der Waals surface area contributed by atoms with Gasteiger partial charge < -0.3 is 15.5 Å². The van der Waals surface area contributed by atoms with Gasteiger partial charge in [-0.05, 0) is 50.7 Å². The summed E-state index contributed by atoms with van der Waals surface area (Å²) in [4.78, 5) is 14.4. The molecule has 1 saturated heterocycles. The van der Waals surface area contributed by atoms with Gasteiger partial charge in [0.25, 0.3) is 0 Å². The lowest BCUT2D eigenvalue weighted by Crippen LogP contribution is -2.47. The summed E-state index contributed by atoms with van der Waals surface area (Å²) in [6, 6.07) is 7.20. The van der Waals surface area contributed by atoms with Crippen LogP contribution >= 0.6 is 0 Å². The van der Waals surface area contributed by atoms with Crippen LogP contribution in [0.4, 0.5) is 15.8 Å². The third-order valence-electron chi connectivity index (χ3n) is 4.91. The highest BCUT2D eigenvalue weighted by Gasteiger charge is 2.35. The second-order valence-corrected chi connectivity index (χ2v) is 6.63. The minimum Gasteiger partial charge on any atom is -0.372 e. The molecule has 0 bridgehead atoms. The molecule has 2 aliphatic rings. The summed E-state index contributed by atoms with van der Waals surface area (Å²) in [6.07, 6.45) is 5.48. The Bertz CT molecular complexity index is 643. The first-order valence-electron chi connectivity index (χ1n) is 8.63. The van der Waals surface area contributed by atoms with Crippen molar-refractivity contribution in [2.24, 2.45) is 0 Å². The first-order chi connectivity index (χ1) is 11.6. The van der Waals surface area contributed by atoms with E-state index >= 15 is 0 Å². The average Bonchev–Trinajstić information content (AvgIpc) is 3.26. The van der Waals surface area contributed by atoms with Crippen LogP contribution in [0.5, 0.6) is 0 Å². The van der Waals surface area contributed by atoms with E-state index in [-0.39, 0.29) is 18.3 Å². The molecule has 6 heteroatoms. The van der Waals surface area contributed by atoms with Crippen LogP contribution in [0.15, 0.2) is 18.2 Å². The molecule has 1 saturated carbocycles. The molecule has 1 aromatic rings. The van der Waals surface area contributed by atoms with Crippen LogP contribution in [0.25, 0.3) is 0 Å². The van der Waals surface area contributed by atoms with Gasteiger partial charge >= 0.3 is 0 Å². The largest absolute Gasteiger partial charge is 0.372 e. The fourth-order valence-corrected chi connectivity index (χ4v) is 3.63. The molecule has 0 aromatic heterocycles. The fraction of sp³-hybridized carbons (Fsp3) is 0.556. The van der Waals surface area contributed by atoms with E-state index in [1.54, 1.807) is 6.07 Å². The molecular weight excluding hydrogens is 307 g/mol. The van der Waals surface area contributed by atoms with Gasteiger partial charge in [-0.15, -0.1) is 0 Å². The summed E-state index contributed by atoms with van der Waals surface area (Å²) in [5.74, 6) is -0.628. The number of anilines is 2. The molecule has 0 unspecified atom stereocenters. The zero-order chi connectivity index (χ0) is 17.0. The summed E-state index contributed by atoms with van der Waals surface area (Å²) in [5.41, 5.74) is 0.425. The van der Waals surface area contributed by atoms with Crippen molar-refractivity contribution in [1.82, 2.24) is 5.32 Å². The second-order valence-electron chi connectivity index (χ2n) is 6.63. The van der Waals surface area contributed by atoms with Crippen LogP contribution in [0.3, 0.4) is 0 Å². The molecule has 2 fully saturated rings. The van der Waals surface area contributed by atoms with Gasteiger partial charge in [0.1, 0.15) is 11.4 Å². The number of nitrogens with one attached hydrogen (secondary N) is 2. The third-order valence-corrected chi connectivity index (χ3v) is 4.91. The Morgan fingerprint density at radius 3 is 2.62 bits per heavy atom. The van der Waals surface area contributed by atoms with Crippen molar-refractivity contribution >= 4 is 17.3 Å². The fourth-order valence-electron chi connectivity index (χ4n) is 3.63. The second kappa shape index (κ2) is 7.08. The minimum atomic E-state index is -0.744. The van der Waals surface area contributed by atoms with E-state index in [0.717, 1.165) is 44.5 Å². The molecule has 1 amide bonds. The Balaban J connectivity index is 1.66. The van der Waals surface area contributed by atoms with Gasteiger partial charge in [0.2, 0.25) is 5.91 Å². The number of nitriles is 1. The Kier molecular flexibility index (Phi) is 4.89. The van der Waals surface area contributed by atoms with E-state index in [0.29, 0.717) is 18.5 Å². The SMILES string of the molecule is N#CC1(NC(=O)CNc2c(F)cccc2N2CCCC2)CCCC1. The van der Waals surface area contributed by atoms with Crippen molar-refractivity contribution < 1.29 is 9.18 Å². The van der Waals surface area contributed by atoms with Gasteiger partial charge in [0.05, 0.1) is 24.0 Å². The highest BCUT2D eigenvalue weighted by Crippen LogP contribution is 2.31. The molecule has 1 heterocycles. The maximum absolute atomic E-state index is 14.2. The summed E-state index contributed by atoms with van der Waals surface area (Å²) >= 11 is 0. The number of benzene rings is 1. The maximum Gasteiger partial charge on any atom is 0.240 e. The molecular formula is C18H23FN4O. The van der Waals surface area contributed by atoms with Crippen molar-refractivity contribution in [3.05, 3.63) is 24.0 Å². The van der Waals surface area contributed by atoms with Crippen molar-refractivity contribution in [2.45, 2.75) is 44.1 Å². The zero-order valence-corrected chi connectivity index (χ0v) is 13.8. The Morgan fingerprint density at radius 2 is 1.96 bits per heavy atom. The number of carbonyl (C=O) groups excluding carboxylic acids is 1. The zero-order valence-electron chi connectivity index (χ0n) is 13.8. The van der Waals surface area contributed by atoms with Crippen LogP contribution in [-0.2, 0) is 4.79 Å². The topological polar surface area (TPSA) is 68.2 Å². The van der Waals surface area contributed by atoms with Gasteiger partial charge in [-0.3, -0.25) is 4.79 Å². The third kappa shape index (κ3) is 3.45. The van der Waals surface area contributed by atoms with Crippen LogP contribution in [-0.4, -0.2) is 31.1 Å².